The van der Waals surface area contributed by atoms with Crippen LogP contribution in [0.3, 0.4) is 0 Å². The zero-order valence-electron chi connectivity index (χ0n) is 47.0. The minimum atomic E-state index is -0.669. The highest BCUT2D eigenvalue weighted by molar-refractivity contribution is 5.76. The molecule has 0 aliphatic heterocycles. The molecule has 0 heterocycles. The molecule has 0 bridgehead atoms. The fraction of sp³-hybridized carbons (Fsp3) is 0.875. The molecule has 0 radical (unpaired) electrons. The van der Waals surface area contributed by atoms with Gasteiger partial charge in [0.15, 0.2) is 0 Å². The Morgan fingerprint density at radius 1 is 0.400 bits per heavy atom. The molecular weight excluding hydrogens is 863 g/mol. The number of allylic oxidation sites excluding steroid dienone is 6. The van der Waals surface area contributed by atoms with Gasteiger partial charge in [-0.1, -0.05) is 275 Å². The van der Waals surface area contributed by atoms with E-state index in [0.29, 0.717) is 25.9 Å². The van der Waals surface area contributed by atoms with Gasteiger partial charge in [0, 0.05) is 12.8 Å². The van der Waals surface area contributed by atoms with E-state index in [9.17, 15) is 19.8 Å². The summed E-state index contributed by atoms with van der Waals surface area (Å²) in [5.74, 6) is -0.0444. The van der Waals surface area contributed by atoms with E-state index in [1.165, 1.54) is 250 Å². The van der Waals surface area contributed by atoms with Gasteiger partial charge in [-0.15, -0.1) is 0 Å². The van der Waals surface area contributed by atoms with Crippen molar-refractivity contribution in [3.05, 3.63) is 36.5 Å². The number of hydrogen-bond donors (Lipinski definition) is 3. The fourth-order valence-corrected chi connectivity index (χ4v) is 9.61. The number of aliphatic hydroxyl groups is 2. The van der Waals surface area contributed by atoms with Crippen LogP contribution in [-0.4, -0.2) is 47.4 Å². The monoisotopic (exact) mass is 984 g/mol. The van der Waals surface area contributed by atoms with Crippen LogP contribution < -0.4 is 5.32 Å². The van der Waals surface area contributed by atoms with Gasteiger partial charge in [-0.2, -0.15) is 0 Å². The predicted molar refractivity (Wildman–Crippen MR) is 306 cm³/mol. The molecule has 0 fully saturated rings. The van der Waals surface area contributed by atoms with Gasteiger partial charge < -0.3 is 20.3 Å². The van der Waals surface area contributed by atoms with Crippen molar-refractivity contribution in [2.75, 3.05) is 13.2 Å². The number of carbonyl (C=O) groups excluding carboxylic acids is 2. The van der Waals surface area contributed by atoms with Crippen molar-refractivity contribution in [2.24, 2.45) is 0 Å². The van der Waals surface area contributed by atoms with E-state index in [1.54, 1.807) is 0 Å². The number of ether oxygens (including phenoxy) is 1. The zero-order valence-corrected chi connectivity index (χ0v) is 47.0. The van der Waals surface area contributed by atoms with Crippen LogP contribution in [0.2, 0.25) is 0 Å². The molecule has 0 aromatic rings. The van der Waals surface area contributed by atoms with Crippen LogP contribution in [0.4, 0.5) is 0 Å². The Morgan fingerprint density at radius 2 is 0.714 bits per heavy atom. The molecule has 3 N–H and O–H groups in total. The number of esters is 1. The first kappa shape index (κ1) is 68.1. The van der Waals surface area contributed by atoms with Crippen LogP contribution in [0.15, 0.2) is 36.5 Å². The van der Waals surface area contributed by atoms with E-state index in [-0.39, 0.29) is 18.5 Å². The molecule has 0 rings (SSSR count). The maximum atomic E-state index is 12.5. The van der Waals surface area contributed by atoms with Gasteiger partial charge in [0.2, 0.25) is 5.91 Å². The lowest BCUT2D eigenvalue weighted by Crippen LogP contribution is -2.45. The van der Waals surface area contributed by atoms with Crippen molar-refractivity contribution in [2.45, 2.75) is 347 Å². The summed E-state index contributed by atoms with van der Waals surface area (Å²) in [6.45, 7) is 4.93. The van der Waals surface area contributed by atoms with Crippen LogP contribution in [0.5, 0.6) is 0 Å². The molecule has 6 nitrogen and oxygen atoms in total. The Kier molecular flexibility index (Phi) is 58.0. The van der Waals surface area contributed by atoms with Gasteiger partial charge in [-0.3, -0.25) is 9.59 Å². The second-order valence-electron chi connectivity index (χ2n) is 21.4. The number of hydrogen-bond acceptors (Lipinski definition) is 5. The Bertz CT molecular complexity index is 1130. The Balaban J connectivity index is 3.42. The van der Waals surface area contributed by atoms with Gasteiger partial charge >= 0.3 is 5.97 Å². The molecule has 412 valence electrons. The lowest BCUT2D eigenvalue weighted by molar-refractivity contribution is -0.143. The fourth-order valence-electron chi connectivity index (χ4n) is 9.61. The summed E-state index contributed by atoms with van der Waals surface area (Å²) in [7, 11) is 0. The highest BCUT2D eigenvalue weighted by atomic mass is 16.5. The molecule has 0 aromatic carbocycles. The van der Waals surface area contributed by atoms with Crippen molar-refractivity contribution in [3.8, 4) is 0 Å². The third-order valence-corrected chi connectivity index (χ3v) is 14.4. The van der Waals surface area contributed by atoms with Crippen molar-refractivity contribution >= 4 is 11.9 Å². The van der Waals surface area contributed by atoms with Crippen LogP contribution in [0, 0.1) is 0 Å². The summed E-state index contributed by atoms with van der Waals surface area (Å²) in [5.41, 5.74) is 0. The average Bonchev–Trinajstić information content (AvgIpc) is 3.36. The largest absolute Gasteiger partial charge is 0.466 e. The van der Waals surface area contributed by atoms with E-state index in [4.69, 9.17) is 4.74 Å². The molecule has 0 aliphatic rings. The minimum absolute atomic E-state index is 0.00394. The number of nitrogens with one attached hydrogen (secondary N) is 1. The van der Waals surface area contributed by atoms with Crippen molar-refractivity contribution in [1.82, 2.24) is 5.32 Å². The molecule has 0 saturated carbocycles. The molecule has 0 spiro atoms. The van der Waals surface area contributed by atoms with Crippen LogP contribution >= 0.6 is 0 Å². The number of amides is 1. The van der Waals surface area contributed by atoms with Crippen molar-refractivity contribution in [1.29, 1.82) is 0 Å². The summed E-state index contributed by atoms with van der Waals surface area (Å²) in [6, 6.07) is -0.547. The quantitative estimate of drug-likeness (QED) is 0.0321. The lowest BCUT2D eigenvalue weighted by atomic mass is 10.0. The second kappa shape index (κ2) is 59.6. The first-order valence-electron chi connectivity index (χ1n) is 31.2. The Labute approximate surface area is 436 Å². The Hall–Kier alpha value is -1.92. The lowest BCUT2D eigenvalue weighted by Gasteiger charge is -2.22. The van der Waals surface area contributed by atoms with Crippen molar-refractivity contribution < 1.29 is 24.5 Å². The third-order valence-electron chi connectivity index (χ3n) is 14.4. The summed E-state index contributed by atoms with van der Waals surface area (Å²) in [6.07, 6.45) is 74.3. The standard InChI is InChI=1S/C64H121NO5/c1-3-5-7-9-11-13-15-17-19-29-32-36-40-44-48-52-56-62(67)61(60-66)65-63(68)57-53-49-45-41-37-33-30-26-24-22-20-21-23-25-27-31-35-39-43-47-51-55-59-70-64(69)58-54-50-46-42-38-34-28-18-16-14-12-10-8-6-4-2/h12,14,18,22,24,28,61-62,66-67H,3-11,13,15-17,19-21,23,25-27,29-60H2,1-2H3,(H,65,68)/b14-12-,24-22-,28-18-. The van der Waals surface area contributed by atoms with Crippen LogP contribution in [0.1, 0.15) is 335 Å². The molecule has 2 unspecified atom stereocenters. The van der Waals surface area contributed by atoms with Gasteiger partial charge in [0.05, 0.1) is 25.4 Å². The van der Waals surface area contributed by atoms with Crippen molar-refractivity contribution in [3.63, 3.8) is 0 Å². The van der Waals surface area contributed by atoms with Gasteiger partial charge in [0.1, 0.15) is 0 Å². The molecule has 0 aliphatic carbocycles. The molecular formula is C64H121NO5. The molecule has 70 heavy (non-hydrogen) atoms. The number of carbonyl (C=O) groups is 2. The second-order valence-corrected chi connectivity index (χ2v) is 21.4. The maximum absolute atomic E-state index is 12.5. The van der Waals surface area contributed by atoms with E-state index in [2.05, 4.69) is 55.6 Å². The van der Waals surface area contributed by atoms with E-state index in [0.717, 1.165) is 51.4 Å². The highest BCUT2D eigenvalue weighted by Gasteiger charge is 2.20. The summed E-state index contributed by atoms with van der Waals surface area (Å²) in [5, 5.41) is 23.3. The normalized spacial score (nSPS) is 12.8. The summed E-state index contributed by atoms with van der Waals surface area (Å²) in [4.78, 5) is 24.5. The van der Waals surface area contributed by atoms with E-state index in [1.807, 2.05) is 0 Å². The SMILES string of the molecule is CCCCC/C=C\C/C=C\CCCCCCCC(=O)OCCCCCCCCCCCCC/C=C\CCCCCCCCCC(=O)NC(CO)C(O)CCCCCCCCCCCCCCCCCC. The minimum Gasteiger partial charge on any atom is -0.466 e. The number of aliphatic hydroxyl groups excluding tert-OH is 2. The molecule has 2 atom stereocenters. The summed E-state index contributed by atoms with van der Waals surface area (Å²) >= 11 is 0. The smallest absolute Gasteiger partial charge is 0.305 e. The number of rotatable bonds is 58. The molecule has 0 saturated heterocycles. The first-order chi connectivity index (χ1) is 34.5. The highest BCUT2D eigenvalue weighted by Crippen LogP contribution is 2.17. The first-order valence-corrected chi connectivity index (χ1v) is 31.2. The maximum Gasteiger partial charge on any atom is 0.305 e. The molecule has 6 heteroatoms. The Morgan fingerprint density at radius 3 is 1.13 bits per heavy atom. The van der Waals surface area contributed by atoms with Gasteiger partial charge in [0.25, 0.3) is 0 Å². The zero-order chi connectivity index (χ0) is 50.7. The van der Waals surface area contributed by atoms with Gasteiger partial charge in [-0.05, 0) is 83.5 Å². The van der Waals surface area contributed by atoms with Gasteiger partial charge in [-0.25, -0.2) is 0 Å². The topological polar surface area (TPSA) is 95.9 Å². The van der Waals surface area contributed by atoms with Crippen LogP contribution in [-0.2, 0) is 14.3 Å². The third kappa shape index (κ3) is 55.4. The molecule has 0 aromatic heterocycles. The number of unbranched alkanes of at least 4 members (excludes halogenated alkanes) is 41. The molecule has 1 amide bonds. The summed E-state index contributed by atoms with van der Waals surface area (Å²) < 4.78 is 5.47. The average molecular weight is 985 g/mol. The van der Waals surface area contributed by atoms with Crippen LogP contribution in [0.25, 0.3) is 0 Å². The van der Waals surface area contributed by atoms with E-state index >= 15 is 0 Å². The van der Waals surface area contributed by atoms with E-state index < -0.39 is 12.1 Å². The predicted octanol–water partition coefficient (Wildman–Crippen LogP) is 19.6.